The summed E-state index contributed by atoms with van der Waals surface area (Å²) in [4.78, 5) is 23.7. The summed E-state index contributed by atoms with van der Waals surface area (Å²) >= 11 is 0. The third-order valence-corrected chi connectivity index (χ3v) is 5.24. The number of fused-ring (bicyclic) bond motifs is 2. The number of nitrogens with one attached hydrogen (secondary N) is 1. The summed E-state index contributed by atoms with van der Waals surface area (Å²) in [7, 11) is 0.656. The average molecular weight is 323 g/mol. The molecule has 4 rings (SSSR count). The van der Waals surface area contributed by atoms with Gasteiger partial charge in [0.15, 0.2) is 0 Å². The minimum absolute atomic E-state index is 0.204. The molecule has 1 unspecified atom stereocenters. The van der Waals surface area contributed by atoms with Crippen LogP contribution in [0.2, 0.25) is 0 Å². The normalized spacial score (nSPS) is 16.7. The number of carbonyl (C=O) groups excluding carboxylic acids is 2. The van der Waals surface area contributed by atoms with Crippen LogP contribution in [-0.4, -0.2) is 18.0 Å². The molecule has 114 valence electrons. The second kappa shape index (κ2) is 5.64. The molecule has 2 aliphatic rings. The van der Waals surface area contributed by atoms with Crippen LogP contribution in [0.25, 0.3) is 6.08 Å². The molecule has 0 bridgehead atoms. The maximum Gasteiger partial charge on any atom is 0.261 e. The van der Waals surface area contributed by atoms with Crippen LogP contribution in [0.3, 0.4) is 0 Å². The van der Waals surface area contributed by atoms with E-state index >= 15 is 0 Å². The van der Waals surface area contributed by atoms with Crippen molar-refractivity contribution in [3.05, 3.63) is 59.2 Å². The predicted molar refractivity (Wildman–Crippen MR) is 91.0 cm³/mol. The van der Waals surface area contributed by atoms with Gasteiger partial charge in [-0.1, -0.05) is 45.0 Å². The van der Waals surface area contributed by atoms with E-state index in [1.807, 2.05) is 18.2 Å². The van der Waals surface area contributed by atoms with E-state index in [-0.39, 0.29) is 18.2 Å². The van der Waals surface area contributed by atoms with E-state index in [1.165, 1.54) is 5.30 Å². The number of amides is 2. The Morgan fingerprint density at radius 3 is 2.78 bits per heavy atom. The van der Waals surface area contributed by atoms with Gasteiger partial charge < -0.3 is 4.74 Å². The van der Waals surface area contributed by atoms with Crippen molar-refractivity contribution in [2.45, 2.75) is 6.42 Å². The van der Waals surface area contributed by atoms with Gasteiger partial charge in [0.2, 0.25) is 5.91 Å². The van der Waals surface area contributed by atoms with Gasteiger partial charge in [-0.05, 0) is 29.4 Å². The van der Waals surface area contributed by atoms with Crippen LogP contribution in [0.15, 0.2) is 42.5 Å². The molecular weight excluding hydrogens is 309 g/mol. The molecule has 2 aromatic carbocycles. The van der Waals surface area contributed by atoms with E-state index in [9.17, 15) is 9.59 Å². The van der Waals surface area contributed by atoms with Gasteiger partial charge in [-0.25, -0.2) is 0 Å². The van der Waals surface area contributed by atoms with Crippen molar-refractivity contribution in [2.75, 3.05) is 6.16 Å². The number of hydrogen-bond donors (Lipinski definition) is 1. The summed E-state index contributed by atoms with van der Waals surface area (Å²) in [6, 6.07) is 11.3. The van der Waals surface area contributed by atoms with Gasteiger partial charge in [-0.2, -0.15) is 0 Å². The molecule has 2 aromatic rings. The standard InChI is InChI=1S/C18H14NO3P/c20-15-10-12-5-2-7-13(16(12)18(21)19-15)22-14-8-1-4-11-6-3-9-23-17(11)14/h1-8,23H,9-10H2,(H,19,20,21). The van der Waals surface area contributed by atoms with Gasteiger partial charge >= 0.3 is 0 Å². The van der Waals surface area contributed by atoms with Crippen molar-refractivity contribution < 1.29 is 14.3 Å². The number of hydrogen-bond acceptors (Lipinski definition) is 3. The Labute approximate surface area is 135 Å². The molecule has 0 radical (unpaired) electrons. The van der Waals surface area contributed by atoms with Gasteiger partial charge in [-0.15, -0.1) is 0 Å². The van der Waals surface area contributed by atoms with Crippen LogP contribution in [-0.2, 0) is 11.2 Å². The first-order chi connectivity index (χ1) is 11.2. The first kappa shape index (κ1) is 14.2. The first-order valence-electron chi connectivity index (χ1n) is 7.40. The second-order valence-corrected chi connectivity index (χ2v) is 6.71. The van der Waals surface area contributed by atoms with E-state index in [2.05, 4.69) is 23.5 Å². The van der Waals surface area contributed by atoms with Crippen LogP contribution in [0.1, 0.15) is 21.5 Å². The predicted octanol–water partition coefficient (Wildman–Crippen LogP) is 2.62. The van der Waals surface area contributed by atoms with Gasteiger partial charge in [0, 0.05) is 5.30 Å². The molecule has 2 heterocycles. The van der Waals surface area contributed by atoms with E-state index < -0.39 is 0 Å². The third-order valence-electron chi connectivity index (χ3n) is 3.92. The molecule has 1 atom stereocenters. The van der Waals surface area contributed by atoms with Gasteiger partial charge in [0.25, 0.3) is 5.91 Å². The van der Waals surface area contributed by atoms with E-state index in [0.717, 1.165) is 17.5 Å². The van der Waals surface area contributed by atoms with Crippen LogP contribution in [0, 0.1) is 0 Å². The van der Waals surface area contributed by atoms with E-state index in [4.69, 9.17) is 4.74 Å². The second-order valence-electron chi connectivity index (χ2n) is 5.45. The van der Waals surface area contributed by atoms with Crippen molar-refractivity contribution in [1.29, 1.82) is 0 Å². The largest absolute Gasteiger partial charge is 0.456 e. The molecule has 0 aliphatic carbocycles. The quantitative estimate of drug-likeness (QED) is 0.683. The number of ether oxygens (including phenoxy) is 1. The zero-order valence-corrected chi connectivity index (χ0v) is 13.3. The molecule has 0 saturated heterocycles. The fourth-order valence-corrected chi connectivity index (χ4v) is 4.02. The summed E-state index contributed by atoms with van der Waals surface area (Å²) in [5.74, 6) is 0.617. The Morgan fingerprint density at radius 2 is 1.87 bits per heavy atom. The smallest absolute Gasteiger partial charge is 0.261 e. The SMILES string of the molecule is O=C1Cc2cccc(Oc3cccc4c3PCC=C4)c2C(=O)N1. The molecule has 0 saturated carbocycles. The summed E-state index contributed by atoms with van der Waals surface area (Å²) in [6.45, 7) is 0. The molecule has 1 N–H and O–H groups in total. The number of carbonyl (C=O) groups is 2. The molecule has 2 aliphatic heterocycles. The average Bonchev–Trinajstić information content (AvgIpc) is 2.55. The highest BCUT2D eigenvalue weighted by atomic mass is 31.1. The molecule has 0 fully saturated rings. The van der Waals surface area contributed by atoms with Gasteiger partial charge in [0.1, 0.15) is 11.5 Å². The molecule has 4 nitrogen and oxygen atoms in total. The zero-order valence-electron chi connectivity index (χ0n) is 12.3. The molecule has 0 aromatic heterocycles. The Kier molecular flexibility index (Phi) is 3.47. The first-order valence-corrected chi connectivity index (χ1v) is 8.60. The number of allylic oxidation sites excluding steroid dienone is 1. The van der Waals surface area contributed by atoms with Crippen LogP contribution in [0.5, 0.6) is 11.5 Å². The maximum atomic E-state index is 12.2. The molecule has 5 heteroatoms. The summed E-state index contributed by atoms with van der Waals surface area (Å²) < 4.78 is 6.08. The fraction of sp³-hybridized carbons (Fsp3) is 0.111. The van der Waals surface area contributed by atoms with Gasteiger partial charge in [-0.3, -0.25) is 14.9 Å². The van der Waals surface area contributed by atoms with Crippen molar-refractivity contribution in [2.24, 2.45) is 0 Å². The number of rotatable bonds is 2. The lowest BCUT2D eigenvalue weighted by atomic mass is 9.99. The minimum atomic E-state index is -0.390. The fourth-order valence-electron chi connectivity index (χ4n) is 2.90. The lowest BCUT2D eigenvalue weighted by Gasteiger charge is -2.20. The number of benzene rings is 2. The summed E-state index contributed by atoms with van der Waals surface area (Å²) in [5.41, 5.74) is 2.33. The van der Waals surface area contributed by atoms with Crippen LogP contribution >= 0.6 is 8.58 Å². The summed E-state index contributed by atoms with van der Waals surface area (Å²) in [5, 5.41) is 3.54. The van der Waals surface area contributed by atoms with Crippen LogP contribution in [0.4, 0.5) is 0 Å². The maximum absolute atomic E-state index is 12.2. The van der Waals surface area contributed by atoms with Crippen molar-refractivity contribution in [3.63, 3.8) is 0 Å². The highest BCUT2D eigenvalue weighted by Gasteiger charge is 2.26. The Bertz CT molecular complexity index is 857. The number of imide groups is 1. The summed E-state index contributed by atoms with van der Waals surface area (Å²) in [6.07, 6.45) is 5.48. The molecule has 2 amide bonds. The zero-order chi connectivity index (χ0) is 15.8. The molecular formula is C18H14NO3P. The Hall–Kier alpha value is -2.45. The van der Waals surface area contributed by atoms with Crippen molar-refractivity contribution >= 4 is 31.8 Å². The minimum Gasteiger partial charge on any atom is -0.456 e. The lowest BCUT2D eigenvalue weighted by molar-refractivity contribution is -0.119. The third kappa shape index (κ3) is 2.55. The Balaban J connectivity index is 1.77. The highest BCUT2D eigenvalue weighted by Crippen LogP contribution is 2.33. The van der Waals surface area contributed by atoms with E-state index in [0.29, 0.717) is 25.5 Å². The van der Waals surface area contributed by atoms with Crippen LogP contribution < -0.4 is 15.4 Å². The Morgan fingerprint density at radius 1 is 1.04 bits per heavy atom. The monoisotopic (exact) mass is 323 g/mol. The topological polar surface area (TPSA) is 55.4 Å². The molecule has 0 spiro atoms. The van der Waals surface area contributed by atoms with Crippen molar-refractivity contribution in [1.82, 2.24) is 5.32 Å². The molecule has 23 heavy (non-hydrogen) atoms. The van der Waals surface area contributed by atoms with Gasteiger partial charge in [0.05, 0.1) is 12.0 Å². The van der Waals surface area contributed by atoms with Crippen molar-refractivity contribution in [3.8, 4) is 11.5 Å². The van der Waals surface area contributed by atoms with E-state index in [1.54, 1.807) is 12.1 Å². The lowest BCUT2D eigenvalue weighted by Crippen LogP contribution is -2.37. The highest BCUT2D eigenvalue weighted by molar-refractivity contribution is 7.48.